The van der Waals surface area contributed by atoms with E-state index in [-0.39, 0.29) is 5.91 Å². The summed E-state index contributed by atoms with van der Waals surface area (Å²) in [6.45, 7) is 1.43. The molecule has 2 unspecified atom stereocenters. The zero-order valence-electron chi connectivity index (χ0n) is 11.3. The van der Waals surface area contributed by atoms with E-state index >= 15 is 0 Å². The molecule has 2 N–H and O–H groups in total. The molecule has 1 saturated carbocycles. The highest BCUT2D eigenvalue weighted by Crippen LogP contribution is 2.26. The van der Waals surface area contributed by atoms with Crippen molar-refractivity contribution >= 4 is 11.9 Å². The highest BCUT2D eigenvalue weighted by Gasteiger charge is 2.33. The van der Waals surface area contributed by atoms with E-state index in [2.05, 4.69) is 17.3 Å². The van der Waals surface area contributed by atoms with Crippen molar-refractivity contribution < 1.29 is 14.7 Å². The van der Waals surface area contributed by atoms with Crippen LogP contribution in [0.4, 0.5) is 0 Å². The summed E-state index contributed by atoms with van der Waals surface area (Å²) in [5, 5.41) is 12.0. The van der Waals surface area contributed by atoms with E-state index in [1.165, 1.54) is 12.8 Å². The van der Waals surface area contributed by atoms with Gasteiger partial charge in [0, 0.05) is 19.1 Å². The number of carboxylic acids is 1. The molecule has 5 heteroatoms. The Morgan fingerprint density at radius 3 is 2.47 bits per heavy atom. The van der Waals surface area contributed by atoms with Crippen LogP contribution in [0.25, 0.3) is 0 Å². The first-order chi connectivity index (χ1) is 9.09. The third-order valence-corrected chi connectivity index (χ3v) is 4.02. The Labute approximate surface area is 113 Å². The number of nitrogens with one attached hydrogen (secondary N) is 1. The van der Waals surface area contributed by atoms with E-state index in [1.54, 1.807) is 0 Å². The number of rotatable bonds is 6. The van der Waals surface area contributed by atoms with Gasteiger partial charge in [-0.3, -0.25) is 9.59 Å². The van der Waals surface area contributed by atoms with Crippen LogP contribution in [-0.4, -0.2) is 48.1 Å². The zero-order chi connectivity index (χ0) is 13.8. The van der Waals surface area contributed by atoms with Crippen molar-refractivity contribution in [3.63, 3.8) is 0 Å². The summed E-state index contributed by atoms with van der Waals surface area (Å²) >= 11 is 0. The quantitative estimate of drug-likeness (QED) is 0.700. The largest absolute Gasteiger partial charge is 0.481 e. The maximum atomic E-state index is 12.1. The lowest BCUT2D eigenvalue weighted by molar-refractivity contribution is -0.147. The molecule has 2 rings (SSSR count). The molecule has 5 nitrogen and oxygen atoms in total. The fourth-order valence-electron chi connectivity index (χ4n) is 2.56. The molecule has 2 aliphatic carbocycles. The second-order valence-corrected chi connectivity index (χ2v) is 5.50. The zero-order valence-corrected chi connectivity index (χ0v) is 11.3. The lowest BCUT2D eigenvalue weighted by atomic mass is 9.82. The summed E-state index contributed by atoms with van der Waals surface area (Å²) in [5.74, 6) is -2.00. The third-order valence-electron chi connectivity index (χ3n) is 4.02. The van der Waals surface area contributed by atoms with Gasteiger partial charge < -0.3 is 15.3 Å². The van der Waals surface area contributed by atoms with Crippen molar-refractivity contribution in [2.24, 2.45) is 11.8 Å². The molecule has 0 aliphatic heterocycles. The fraction of sp³-hybridized carbons (Fsp3) is 0.714. The van der Waals surface area contributed by atoms with Crippen LogP contribution in [0.5, 0.6) is 0 Å². The Bertz CT molecular complexity index is 377. The van der Waals surface area contributed by atoms with Gasteiger partial charge in [0.25, 0.3) is 0 Å². The highest BCUT2D eigenvalue weighted by atomic mass is 16.4. The maximum absolute atomic E-state index is 12.1. The molecular weight excluding hydrogens is 244 g/mol. The maximum Gasteiger partial charge on any atom is 0.307 e. The number of hydrogen-bond donors (Lipinski definition) is 2. The van der Waals surface area contributed by atoms with Crippen LogP contribution >= 0.6 is 0 Å². The molecular formula is C14H22N2O3. The predicted molar refractivity (Wildman–Crippen MR) is 71.7 cm³/mol. The lowest BCUT2D eigenvalue weighted by Crippen LogP contribution is -2.41. The number of nitrogens with zero attached hydrogens (tertiary/aromatic N) is 1. The SMILES string of the molecule is CN(CCNC(=O)C1CC=CCC1C(=O)O)C1CC1. The number of carbonyl (C=O) groups excluding carboxylic acids is 1. The average Bonchev–Trinajstić information content (AvgIpc) is 3.22. The van der Waals surface area contributed by atoms with Gasteiger partial charge in [0.05, 0.1) is 11.8 Å². The molecule has 0 bridgehead atoms. The molecule has 1 fully saturated rings. The second-order valence-electron chi connectivity index (χ2n) is 5.50. The number of carbonyl (C=O) groups is 2. The van der Waals surface area contributed by atoms with E-state index in [1.807, 2.05) is 12.2 Å². The number of likely N-dealkylation sites (N-methyl/N-ethyl adjacent to an activating group) is 1. The van der Waals surface area contributed by atoms with E-state index < -0.39 is 17.8 Å². The van der Waals surface area contributed by atoms with Crippen LogP contribution in [0.3, 0.4) is 0 Å². The molecule has 106 valence electrons. The van der Waals surface area contributed by atoms with E-state index in [0.717, 1.165) is 6.54 Å². The topological polar surface area (TPSA) is 69.6 Å². The van der Waals surface area contributed by atoms with Gasteiger partial charge in [0.2, 0.25) is 5.91 Å². The smallest absolute Gasteiger partial charge is 0.307 e. The van der Waals surface area contributed by atoms with Crippen molar-refractivity contribution in [3.05, 3.63) is 12.2 Å². The Balaban J connectivity index is 1.77. The molecule has 0 heterocycles. The summed E-state index contributed by atoms with van der Waals surface area (Å²) < 4.78 is 0. The van der Waals surface area contributed by atoms with Crippen LogP contribution in [0.1, 0.15) is 25.7 Å². The van der Waals surface area contributed by atoms with Crippen molar-refractivity contribution in [3.8, 4) is 0 Å². The van der Waals surface area contributed by atoms with Crippen molar-refractivity contribution in [1.29, 1.82) is 0 Å². The minimum absolute atomic E-state index is 0.124. The Morgan fingerprint density at radius 2 is 1.89 bits per heavy atom. The molecule has 19 heavy (non-hydrogen) atoms. The second kappa shape index (κ2) is 6.19. The Hall–Kier alpha value is -1.36. The molecule has 0 spiro atoms. The van der Waals surface area contributed by atoms with Crippen LogP contribution in [-0.2, 0) is 9.59 Å². The fourth-order valence-corrected chi connectivity index (χ4v) is 2.56. The van der Waals surface area contributed by atoms with Gasteiger partial charge in [-0.1, -0.05) is 12.2 Å². The van der Waals surface area contributed by atoms with Crippen molar-refractivity contribution in [1.82, 2.24) is 10.2 Å². The lowest BCUT2D eigenvalue weighted by Gasteiger charge is -2.24. The first-order valence-corrected chi connectivity index (χ1v) is 6.95. The Morgan fingerprint density at radius 1 is 1.26 bits per heavy atom. The normalized spacial score (nSPS) is 26.4. The monoisotopic (exact) mass is 266 g/mol. The number of aliphatic carboxylic acids is 1. The standard InChI is InChI=1S/C14H22N2O3/c1-16(10-6-7-10)9-8-15-13(17)11-4-2-3-5-12(11)14(18)19/h2-3,10-12H,4-9H2,1H3,(H,15,17)(H,18,19). The summed E-state index contributed by atoms with van der Waals surface area (Å²) in [6, 6.07) is 0.682. The predicted octanol–water partition coefficient (Wildman–Crippen LogP) is 0.864. The number of allylic oxidation sites excluding steroid dienone is 2. The summed E-state index contributed by atoms with van der Waals surface area (Å²) in [5.41, 5.74) is 0. The number of amides is 1. The number of carboxylic acid groups (broad SMARTS) is 1. The van der Waals surface area contributed by atoms with Crippen molar-refractivity contribution in [2.45, 2.75) is 31.7 Å². The van der Waals surface area contributed by atoms with Crippen LogP contribution in [0.15, 0.2) is 12.2 Å². The first kappa shape index (κ1) is 14.1. The van der Waals surface area contributed by atoms with Crippen molar-refractivity contribution in [2.75, 3.05) is 20.1 Å². The van der Waals surface area contributed by atoms with Gasteiger partial charge in [-0.25, -0.2) is 0 Å². The van der Waals surface area contributed by atoms with Gasteiger partial charge in [-0.2, -0.15) is 0 Å². The van der Waals surface area contributed by atoms with Gasteiger partial charge in [-0.05, 0) is 32.7 Å². The van der Waals surface area contributed by atoms with Crippen LogP contribution in [0.2, 0.25) is 0 Å². The molecule has 0 aromatic carbocycles. The first-order valence-electron chi connectivity index (χ1n) is 6.95. The molecule has 2 atom stereocenters. The van der Waals surface area contributed by atoms with Gasteiger partial charge in [0.15, 0.2) is 0 Å². The van der Waals surface area contributed by atoms with Gasteiger partial charge in [0.1, 0.15) is 0 Å². The summed E-state index contributed by atoms with van der Waals surface area (Å²) in [7, 11) is 2.06. The molecule has 1 amide bonds. The molecule has 0 aromatic heterocycles. The molecule has 0 radical (unpaired) electrons. The molecule has 2 aliphatic rings. The van der Waals surface area contributed by atoms with E-state index in [4.69, 9.17) is 5.11 Å². The van der Waals surface area contributed by atoms with Crippen LogP contribution < -0.4 is 5.32 Å². The van der Waals surface area contributed by atoms with Crippen LogP contribution in [0, 0.1) is 11.8 Å². The van der Waals surface area contributed by atoms with Gasteiger partial charge >= 0.3 is 5.97 Å². The minimum atomic E-state index is -0.875. The van der Waals surface area contributed by atoms with E-state index in [0.29, 0.717) is 25.4 Å². The summed E-state index contributed by atoms with van der Waals surface area (Å²) in [6.07, 6.45) is 7.23. The third kappa shape index (κ3) is 3.80. The summed E-state index contributed by atoms with van der Waals surface area (Å²) in [4.78, 5) is 25.4. The minimum Gasteiger partial charge on any atom is -0.481 e. The molecule has 0 saturated heterocycles. The number of hydrogen-bond acceptors (Lipinski definition) is 3. The average molecular weight is 266 g/mol. The highest BCUT2D eigenvalue weighted by molar-refractivity contribution is 5.85. The molecule has 0 aromatic rings. The Kier molecular flexibility index (Phi) is 4.58. The van der Waals surface area contributed by atoms with Gasteiger partial charge in [-0.15, -0.1) is 0 Å². The van der Waals surface area contributed by atoms with E-state index in [9.17, 15) is 9.59 Å².